The van der Waals surface area contributed by atoms with E-state index in [1.807, 2.05) is 24.3 Å². The summed E-state index contributed by atoms with van der Waals surface area (Å²) in [6.45, 7) is 3.42. The zero-order chi connectivity index (χ0) is 17.7. The monoisotopic (exact) mass is 404 g/mol. The van der Waals surface area contributed by atoms with Crippen molar-refractivity contribution in [3.63, 3.8) is 0 Å². The van der Waals surface area contributed by atoms with Crippen LogP contribution in [-0.2, 0) is 0 Å². The first-order chi connectivity index (χ1) is 12.7. The van der Waals surface area contributed by atoms with Gasteiger partial charge in [0.05, 0.1) is 14.9 Å². The third-order valence-electron chi connectivity index (χ3n) is 4.52. The Balaban J connectivity index is 1.35. The molecule has 0 amide bonds. The topological polar surface area (TPSA) is 32.3 Å². The van der Waals surface area contributed by atoms with Gasteiger partial charge in [0.1, 0.15) is 11.3 Å². The summed E-state index contributed by atoms with van der Waals surface area (Å²) in [6, 6.07) is 10.9. The summed E-state index contributed by atoms with van der Waals surface area (Å²) in [5, 5.41) is 2.65. The van der Waals surface area contributed by atoms with Gasteiger partial charge in [0.15, 0.2) is 10.3 Å². The van der Waals surface area contributed by atoms with E-state index in [9.17, 15) is 4.39 Å². The summed E-state index contributed by atoms with van der Waals surface area (Å²) < 4.78 is 15.9. The van der Waals surface area contributed by atoms with E-state index in [0.29, 0.717) is 5.52 Å². The summed E-state index contributed by atoms with van der Waals surface area (Å²) >= 11 is 9.29. The van der Waals surface area contributed by atoms with Crippen molar-refractivity contribution >= 4 is 65.0 Å². The highest BCUT2D eigenvalue weighted by molar-refractivity contribution is 7.22. The number of thiazole rings is 2. The molecule has 2 aromatic carbocycles. The van der Waals surface area contributed by atoms with E-state index in [2.05, 4.69) is 14.8 Å². The minimum atomic E-state index is -0.253. The maximum atomic E-state index is 13.9. The number of fused-ring (bicyclic) bond motifs is 2. The van der Waals surface area contributed by atoms with Crippen LogP contribution in [0.1, 0.15) is 0 Å². The molecule has 2 aromatic heterocycles. The Kier molecular flexibility index (Phi) is 3.95. The van der Waals surface area contributed by atoms with E-state index in [1.165, 1.54) is 6.07 Å². The van der Waals surface area contributed by atoms with Crippen LogP contribution in [0, 0.1) is 5.82 Å². The standard InChI is InChI=1S/C18H14ClFN4S2/c19-11-4-5-13-15(10-11)26-17(21-13)23-6-8-24(9-7-23)18-22-16-12(20)2-1-3-14(16)25-18/h1-5,10H,6-9H2. The second-order valence-corrected chi connectivity index (χ2v) is 8.62. The number of hydrogen-bond acceptors (Lipinski definition) is 6. The minimum absolute atomic E-state index is 0.253. The first-order valence-corrected chi connectivity index (χ1v) is 10.3. The van der Waals surface area contributed by atoms with E-state index in [1.54, 1.807) is 28.7 Å². The third kappa shape index (κ3) is 2.80. The second kappa shape index (κ2) is 6.33. The molecule has 1 aliphatic rings. The van der Waals surface area contributed by atoms with E-state index < -0.39 is 0 Å². The van der Waals surface area contributed by atoms with E-state index in [4.69, 9.17) is 16.6 Å². The van der Waals surface area contributed by atoms with Gasteiger partial charge in [-0.3, -0.25) is 0 Å². The Morgan fingerprint density at radius 2 is 1.58 bits per heavy atom. The molecule has 4 nitrogen and oxygen atoms in total. The molecule has 0 unspecified atom stereocenters. The molecule has 0 atom stereocenters. The Morgan fingerprint density at radius 1 is 0.885 bits per heavy atom. The van der Waals surface area contributed by atoms with Crippen LogP contribution in [0.15, 0.2) is 36.4 Å². The number of para-hydroxylation sites is 1. The lowest BCUT2D eigenvalue weighted by molar-refractivity contribution is 0.635. The molecule has 3 heterocycles. The quantitative estimate of drug-likeness (QED) is 0.469. The number of anilines is 2. The predicted octanol–water partition coefficient (Wildman–Crippen LogP) is 5.03. The van der Waals surface area contributed by atoms with Crippen LogP contribution in [0.2, 0.25) is 5.02 Å². The molecular formula is C18H14ClFN4S2. The highest BCUT2D eigenvalue weighted by Gasteiger charge is 2.22. The fourth-order valence-electron chi connectivity index (χ4n) is 3.15. The van der Waals surface area contributed by atoms with E-state index >= 15 is 0 Å². The molecule has 4 aromatic rings. The van der Waals surface area contributed by atoms with Gasteiger partial charge in [-0.05, 0) is 30.3 Å². The SMILES string of the molecule is Fc1cccc2sc(N3CCN(c4nc5ccc(Cl)cc5s4)CC3)nc12. The lowest BCUT2D eigenvalue weighted by Gasteiger charge is -2.34. The van der Waals surface area contributed by atoms with Gasteiger partial charge in [-0.25, -0.2) is 14.4 Å². The molecule has 0 aliphatic carbocycles. The summed E-state index contributed by atoms with van der Waals surface area (Å²) in [6.07, 6.45) is 0. The van der Waals surface area contributed by atoms with Crippen LogP contribution in [0.4, 0.5) is 14.7 Å². The van der Waals surface area contributed by atoms with Crippen molar-refractivity contribution < 1.29 is 4.39 Å². The van der Waals surface area contributed by atoms with Crippen molar-refractivity contribution in [1.29, 1.82) is 0 Å². The Bertz CT molecular complexity index is 1100. The minimum Gasteiger partial charge on any atom is -0.345 e. The van der Waals surface area contributed by atoms with Gasteiger partial charge in [-0.2, -0.15) is 0 Å². The van der Waals surface area contributed by atoms with Crippen molar-refractivity contribution in [2.75, 3.05) is 36.0 Å². The van der Waals surface area contributed by atoms with Crippen molar-refractivity contribution in [2.24, 2.45) is 0 Å². The smallest absolute Gasteiger partial charge is 0.186 e. The number of nitrogens with zero attached hydrogens (tertiary/aromatic N) is 4. The average molecular weight is 405 g/mol. The number of piperazine rings is 1. The summed E-state index contributed by atoms with van der Waals surface area (Å²) in [7, 11) is 0. The second-order valence-electron chi connectivity index (χ2n) is 6.17. The van der Waals surface area contributed by atoms with Gasteiger partial charge in [0, 0.05) is 31.2 Å². The van der Waals surface area contributed by atoms with Gasteiger partial charge < -0.3 is 9.80 Å². The molecule has 0 saturated carbocycles. The first-order valence-electron chi connectivity index (χ1n) is 8.28. The predicted molar refractivity (Wildman–Crippen MR) is 109 cm³/mol. The molecule has 0 spiro atoms. The maximum Gasteiger partial charge on any atom is 0.186 e. The maximum absolute atomic E-state index is 13.9. The molecule has 1 fully saturated rings. The van der Waals surface area contributed by atoms with E-state index in [0.717, 1.165) is 56.4 Å². The van der Waals surface area contributed by atoms with Crippen molar-refractivity contribution in [2.45, 2.75) is 0 Å². The largest absolute Gasteiger partial charge is 0.345 e. The van der Waals surface area contributed by atoms with Crippen LogP contribution >= 0.6 is 34.3 Å². The molecule has 0 bridgehead atoms. The fraction of sp³-hybridized carbons (Fsp3) is 0.222. The van der Waals surface area contributed by atoms with Gasteiger partial charge in [0.2, 0.25) is 0 Å². The van der Waals surface area contributed by atoms with Crippen LogP contribution in [0.25, 0.3) is 20.4 Å². The van der Waals surface area contributed by atoms with Gasteiger partial charge >= 0.3 is 0 Å². The van der Waals surface area contributed by atoms with Crippen molar-refractivity contribution in [3.05, 3.63) is 47.2 Å². The van der Waals surface area contributed by atoms with E-state index in [-0.39, 0.29) is 5.82 Å². The lowest BCUT2D eigenvalue weighted by atomic mass is 10.3. The van der Waals surface area contributed by atoms with Crippen LogP contribution < -0.4 is 9.80 Å². The van der Waals surface area contributed by atoms with Crippen LogP contribution in [0.3, 0.4) is 0 Å². The molecule has 0 N–H and O–H groups in total. The number of halogens is 2. The summed E-state index contributed by atoms with van der Waals surface area (Å²) in [5.41, 5.74) is 1.46. The molecule has 26 heavy (non-hydrogen) atoms. The lowest BCUT2D eigenvalue weighted by Crippen LogP contribution is -2.46. The highest BCUT2D eigenvalue weighted by atomic mass is 35.5. The Labute approximate surface area is 162 Å². The number of aromatic nitrogens is 2. The third-order valence-corrected chi connectivity index (χ3v) is 6.91. The Hall–Kier alpha value is -1.96. The molecule has 1 aliphatic heterocycles. The molecule has 132 valence electrons. The average Bonchev–Trinajstić information content (AvgIpc) is 3.26. The summed E-state index contributed by atoms with van der Waals surface area (Å²) in [4.78, 5) is 13.7. The van der Waals surface area contributed by atoms with Gasteiger partial charge in [0.25, 0.3) is 0 Å². The normalized spacial score (nSPS) is 15.3. The van der Waals surface area contributed by atoms with Crippen molar-refractivity contribution in [3.8, 4) is 0 Å². The highest BCUT2D eigenvalue weighted by Crippen LogP contribution is 2.33. The summed E-state index contributed by atoms with van der Waals surface area (Å²) in [5.74, 6) is -0.253. The molecule has 0 radical (unpaired) electrons. The molecule has 5 rings (SSSR count). The molecule has 1 saturated heterocycles. The number of rotatable bonds is 2. The zero-order valence-electron chi connectivity index (χ0n) is 13.7. The first kappa shape index (κ1) is 16.2. The van der Waals surface area contributed by atoms with Crippen LogP contribution in [0.5, 0.6) is 0 Å². The zero-order valence-corrected chi connectivity index (χ0v) is 16.0. The molecule has 8 heteroatoms. The fourth-order valence-corrected chi connectivity index (χ4v) is 5.47. The van der Waals surface area contributed by atoms with Gasteiger partial charge in [-0.1, -0.05) is 40.3 Å². The number of hydrogen-bond donors (Lipinski definition) is 0. The molecular weight excluding hydrogens is 391 g/mol. The number of benzene rings is 2. The van der Waals surface area contributed by atoms with Crippen LogP contribution in [-0.4, -0.2) is 36.1 Å². The van der Waals surface area contributed by atoms with Crippen molar-refractivity contribution in [1.82, 2.24) is 9.97 Å². The Morgan fingerprint density at radius 3 is 2.31 bits per heavy atom. The van der Waals surface area contributed by atoms with Gasteiger partial charge in [-0.15, -0.1) is 0 Å².